The van der Waals surface area contributed by atoms with Crippen LogP contribution in [0.15, 0.2) is 42.5 Å². The molecule has 0 bridgehead atoms. The summed E-state index contributed by atoms with van der Waals surface area (Å²) in [6.07, 6.45) is -4.70. The third kappa shape index (κ3) is 8.05. The topological polar surface area (TPSA) is 75.7 Å². The van der Waals surface area contributed by atoms with Gasteiger partial charge in [-0.3, -0.25) is 14.4 Å². The molecule has 2 rings (SSSR count). The van der Waals surface area contributed by atoms with Gasteiger partial charge < -0.3 is 15.0 Å². The van der Waals surface area contributed by atoms with Crippen molar-refractivity contribution in [2.24, 2.45) is 0 Å². The molecule has 0 radical (unpaired) electrons. The molecule has 2 amide bonds. The van der Waals surface area contributed by atoms with E-state index in [9.17, 15) is 31.9 Å². The highest BCUT2D eigenvalue weighted by Gasteiger charge is 2.30. The van der Waals surface area contributed by atoms with Gasteiger partial charge in [-0.1, -0.05) is 23.7 Å². The van der Waals surface area contributed by atoms with Crippen molar-refractivity contribution >= 4 is 29.4 Å². The van der Waals surface area contributed by atoms with Gasteiger partial charge >= 0.3 is 12.1 Å². The first-order chi connectivity index (χ1) is 15.5. The standard InChI is InChI=1S/C22H21ClF4N2O4/c1-2-33-20(31)13-29(12-14-3-5-15(6-4-14)22(25,26)27)19(30)9-10-28-21(32)17-8-7-16(24)11-18(17)23/h3-8,11H,2,9-10,12-13H2,1H3,(H,28,32). The van der Waals surface area contributed by atoms with Crippen LogP contribution in [0.5, 0.6) is 0 Å². The van der Waals surface area contributed by atoms with E-state index >= 15 is 0 Å². The van der Waals surface area contributed by atoms with E-state index in [1.165, 1.54) is 18.2 Å². The number of alkyl halides is 3. The molecule has 2 aromatic rings. The molecule has 0 unspecified atom stereocenters. The molecule has 6 nitrogen and oxygen atoms in total. The van der Waals surface area contributed by atoms with Crippen molar-refractivity contribution < 1.29 is 36.7 Å². The number of nitrogens with one attached hydrogen (secondary N) is 1. The zero-order valence-electron chi connectivity index (χ0n) is 17.5. The van der Waals surface area contributed by atoms with Gasteiger partial charge in [0.15, 0.2) is 0 Å². The molecule has 0 atom stereocenters. The Labute approximate surface area is 192 Å². The fraction of sp³-hybridized carbons (Fsp3) is 0.318. The van der Waals surface area contributed by atoms with Gasteiger partial charge in [-0.2, -0.15) is 13.2 Å². The highest BCUT2D eigenvalue weighted by atomic mass is 35.5. The molecule has 0 saturated carbocycles. The van der Waals surface area contributed by atoms with Crippen LogP contribution in [-0.4, -0.2) is 42.4 Å². The Hall–Kier alpha value is -3.14. The van der Waals surface area contributed by atoms with Gasteiger partial charge in [0.05, 0.1) is 22.8 Å². The highest BCUT2D eigenvalue weighted by molar-refractivity contribution is 6.33. The second-order valence-corrected chi connectivity index (χ2v) is 7.29. The van der Waals surface area contributed by atoms with Crippen LogP contribution >= 0.6 is 11.6 Å². The van der Waals surface area contributed by atoms with Crippen molar-refractivity contribution in [3.8, 4) is 0 Å². The van der Waals surface area contributed by atoms with Crippen molar-refractivity contribution in [1.29, 1.82) is 0 Å². The van der Waals surface area contributed by atoms with Crippen LogP contribution < -0.4 is 5.32 Å². The molecular formula is C22H21ClF4N2O4. The Morgan fingerprint density at radius 1 is 1.09 bits per heavy atom. The van der Waals surface area contributed by atoms with Crippen LogP contribution in [0.25, 0.3) is 0 Å². The summed E-state index contributed by atoms with van der Waals surface area (Å²) in [7, 11) is 0. The van der Waals surface area contributed by atoms with E-state index in [1.54, 1.807) is 6.92 Å². The number of esters is 1. The Morgan fingerprint density at radius 2 is 1.76 bits per heavy atom. The van der Waals surface area contributed by atoms with Crippen molar-refractivity contribution in [2.45, 2.75) is 26.1 Å². The molecule has 2 aromatic carbocycles. The van der Waals surface area contributed by atoms with Crippen LogP contribution in [0.2, 0.25) is 5.02 Å². The number of carbonyl (C=O) groups is 3. The van der Waals surface area contributed by atoms with E-state index in [2.05, 4.69) is 5.32 Å². The predicted molar refractivity (Wildman–Crippen MR) is 112 cm³/mol. The fourth-order valence-electron chi connectivity index (χ4n) is 2.82. The number of hydrogen-bond acceptors (Lipinski definition) is 4. The average Bonchev–Trinajstić information content (AvgIpc) is 2.73. The summed E-state index contributed by atoms with van der Waals surface area (Å²) in [6.45, 7) is 1.03. The van der Waals surface area contributed by atoms with Gasteiger partial charge in [-0.25, -0.2) is 4.39 Å². The zero-order valence-corrected chi connectivity index (χ0v) is 18.3. The monoisotopic (exact) mass is 488 g/mol. The number of ether oxygens (including phenoxy) is 1. The summed E-state index contributed by atoms with van der Waals surface area (Å²) in [4.78, 5) is 37.8. The van der Waals surface area contributed by atoms with E-state index in [-0.39, 0.29) is 36.7 Å². The maximum Gasteiger partial charge on any atom is 0.416 e. The van der Waals surface area contributed by atoms with Crippen molar-refractivity contribution in [2.75, 3.05) is 19.7 Å². The summed E-state index contributed by atoms with van der Waals surface area (Å²) in [5.74, 6) is -2.44. The molecule has 0 fully saturated rings. The van der Waals surface area contributed by atoms with Gasteiger partial charge in [-0.05, 0) is 42.8 Å². The van der Waals surface area contributed by atoms with Crippen LogP contribution in [-0.2, 0) is 27.0 Å². The van der Waals surface area contributed by atoms with Crippen molar-refractivity contribution in [3.05, 3.63) is 70.0 Å². The number of nitrogens with zero attached hydrogens (tertiary/aromatic N) is 1. The molecule has 0 spiro atoms. The molecule has 0 aliphatic carbocycles. The lowest BCUT2D eigenvalue weighted by Gasteiger charge is -2.22. The Morgan fingerprint density at radius 3 is 2.33 bits per heavy atom. The van der Waals surface area contributed by atoms with Gasteiger partial charge in [0.2, 0.25) is 5.91 Å². The van der Waals surface area contributed by atoms with Crippen LogP contribution in [0.3, 0.4) is 0 Å². The van der Waals surface area contributed by atoms with Crippen LogP contribution in [0.4, 0.5) is 17.6 Å². The molecule has 0 aliphatic heterocycles. The molecule has 0 saturated heterocycles. The van der Waals surface area contributed by atoms with Gasteiger partial charge in [0.1, 0.15) is 12.4 Å². The number of rotatable bonds is 9. The highest BCUT2D eigenvalue weighted by Crippen LogP contribution is 2.29. The van der Waals surface area contributed by atoms with E-state index in [4.69, 9.17) is 16.3 Å². The summed E-state index contributed by atoms with van der Waals surface area (Å²) in [6, 6.07) is 7.44. The second kappa shape index (κ2) is 11.6. The largest absolute Gasteiger partial charge is 0.465 e. The number of benzene rings is 2. The summed E-state index contributed by atoms with van der Waals surface area (Å²) in [5, 5.41) is 2.38. The quantitative estimate of drug-likeness (QED) is 0.424. The van der Waals surface area contributed by atoms with E-state index < -0.39 is 41.9 Å². The first kappa shape index (κ1) is 26.1. The van der Waals surface area contributed by atoms with Crippen LogP contribution in [0, 0.1) is 5.82 Å². The lowest BCUT2D eigenvalue weighted by Crippen LogP contribution is -2.38. The molecular weight excluding hydrogens is 468 g/mol. The summed E-state index contributed by atoms with van der Waals surface area (Å²) >= 11 is 5.84. The minimum Gasteiger partial charge on any atom is -0.465 e. The third-order valence-corrected chi connectivity index (χ3v) is 4.75. The van der Waals surface area contributed by atoms with Crippen LogP contribution in [0.1, 0.15) is 34.8 Å². The summed E-state index contributed by atoms with van der Waals surface area (Å²) in [5.41, 5.74) is -0.432. The fourth-order valence-corrected chi connectivity index (χ4v) is 3.08. The Balaban J connectivity index is 2.02. The van der Waals surface area contributed by atoms with Gasteiger partial charge in [-0.15, -0.1) is 0 Å². The average molecular weight is 489 g/mol. The molecule has 0 aliphatic rings. The van der Waals surface area contributed by atoms with E-state index in [1.807, 2.05) is 0 Å². The molecule has 178 valence electrons. The molecule has 11 heteroatoms. The Bertz CT molecular complexity index is 997. The van der Waals surface area contributed by atoms with E-state index in [0.717, 1.165) is 29.2 Å². The maximum absolute atomic E-state index is 13.1. The normalized spacial score (nSPS) is 11.1. The minimum absolute atomic E-state index is 0.0265. The van der Waals surface area contributed by atoms with E-state index in [0.29, 0.717) is 5.56 Å². The second-order valence-electron chi connectivity index (χ2n) is 6.88. The van der Waals surface area contributed by atoms with Crippen molar-refractivity contribution in [3.63, 3.8) is 0 Å². The first-order valence-electron chi connectivity index (χ1n) is 9.84. The number of carbonyl (C=O) groups excluding carboxylic acids is 3. The third-order valence-electron chi connectivity index (χ3n) is 4.43. The van der Waals surface area contributed by atoms with Gasteiger partial charge in [0.25, 0.3) is 5.91 Å². The zero-order chi connectivity index (χ0) is 24.6. The first-order valence-corrected chi connectivity index (χ1v) is 10.2. The lowest BCUT2D eigenvalue weighted by molar-refractivity contribution is -0.149. The Kier molecular flexibility index (Phi) is 9.22. The maximum atomic E-state index is 13.1. The number of halogens is 5. The van der Waals surface area contributed by atoms with Gasteiger partial charge in [0, 0.05) is 19.5 Å². The molecule has 1 N–H and O–H groups in total. The predicted octanol–water partition coefficient (Wildman–Crippen LogP) is 4.21. The lowest BCUT2D eigenvalue weighted by atomic mass is 10.1. The number of amides is 2. The molecule has 0 aromatic heterocycles. The van der Waals surface area contributed by atoms with Crippen molar-refractivity contribution in [1.82, 2.24) is 10.2 Å². The molecule has 33 heavy (non-hydrogen) atoms. The smallest absolute Gasteiger partial charge is 0.416 e. The molecule has 0 heterocycles. The SMILES string of the molecule is CCOC(=O)CN(Cc1ccc(C(F)(F)F)cc1)C(=O)CCNC(=O)c1ccc(F)cc1Cl. The minimum atomic E-state index is -4.50. The summed E-state index contributed by atoms with van der Waals surface area (Å²) < 4.78 is 56.2. The number of hydrogen-bond donors (Lipinski definition) is 1.